The van der Waals surface area contributed by atoms with Gasteiger partial charge in [0.05, 0.1) is 13.2 Å². The molecule has 1 atom stereocenters. The highest BCUT2D eigenvalue weighted by molar-refractivity contribution is 5.30. The topological polar surface area (TPSA) is 29.5 Å². The number of benzene rings is 2. The van der Waals surface area contributed by atoms with Crippen LogP contribution in [0.3, 0.4) is 0 Å². The van der Waals surface area contributed by atoms with Crippen LogP contribution in [0.1, 0.15) is 17.2 Å². The van der Waals surface area contributed by atoms with Gasteiger partial charge in [-0.3, -0.25) is 0 Å². The number of hydrogen-bond acceptors (Lipinski definition) is 2. The molecule has 0 radical (unpaired) electrons. The van der Waals surface area contributed by atoms with Gasteiger partial charge in [-0.1, -0.05) is 12.1 Å². The van der Waals surface area contributed by atoms with Gasteiger partial charge in [-0.05, 0) is 35.4 Å². The maximum atomic E-state index is 13.1. The zero-order valence-corrected chi connectivity index (χ0v) is 10.4. The Morgan fingerprint density at radius 2 is 1.79 bits per heavy atom. The standard InChI is InChI=1S/C15H14F2O2/c1-19-14-4-2-3-10(5-14)6-15(18)11-7-12(16)9-13(17)8-11/h2-5,7-9,15,18H,6H2,1H3. The first-order chi connectivity index (χ1) is 9.08. The molecule has 2 aromatic carbocycles. The summed E-state index contributed by atoms with van der Waals surface area (Å²) >= 11 is 0. The summed E-state index contributed by atoms with van der Waals surface area (Å²) in [4.78, 5) is 0. The Labute approximate surface area is 110 Å². The predicted octanol–water partition coefficient (Wildman–Crippen LogP) is 3.25. The van der Waals surface area contributed by atoms with Crippen LogP contribution >= 0.6 is 0 Å². The maximum Gasteiger partial charge on any atom is 0.126 e. The van der Waals surface area contributed by atoms with Gasteiger partial charge in [0.15, 0.2) is 0 Å². The Morgan fingerprint density at radius 1 is 1.11 bits per heavy atom. The van der Waals surface area contributed by atoms with E-state index in [0.29, 0.717) is 5.75 Å². The van der Waals surface area contributed by atoms with Crippen LogP contribution in [0.2, 0.25) is 0 Å². The highest BCUT2D eigenvalue weighted by Crippen LogP contribution is 2.22. The second-order valence-electron chi connectivity index (χ2n) is 4.27. The van der Waals surface area contributed by atoms with Crippen molar-refractivity contribution in [3.8, 4) is 5.75 Å². The van der Waals surface area contributed by atoms with Crippen LogP contribution in [0, 0.1) is 11.6 Å². The SMILES string of the molecule is COc1cccc(CC(O)c2cc(F)cc(F)c2)c1. The lowest BCUT2D eigenvalue weighted by molar-refractivity contribution is 0.177. The summed E-state index contributed by atoms with van der Waals surface area (Å²) < 4.78 is 31.2. The number of rotatable bonds is 4. The summed E-state index contributed by atoms with van der Waals surface area (Å²) in [6, 6.07) is 10.2. The lowest BCUT2D eigenvalue weighted by Gasteiger charge is -2.12. The number of methoxy groups -OCH3 is 1. The van der Waals surface area contributed by atoms with E-state index in [0.717, 1.165) is 23.8 Å². The van der Waals surface area contributed by atoms with Crippen molar-refractivity contribution in [2.45, 2.75) is 12.5 Å². The first-order valence-electron chi connectivity index (χ1n) is 5.85. The van der Waals surface area contributed by atoms with Gasteiger partial charge in [-0.15, -0.1) is 0 Å². The molecule has 0 aliphatic carbocycles. The molecular formula is C15H14F2O2. The second kappa shape index (κ2) is 5.80. The molecule has 0 saturated heterocycles. The normalized spacial score (nSPS) is 12.2. The van der Waals surface area contributed by atoms with Gasteiger partial charge in [-0.25, -0.2) is 8.78 Å². The van der Waals surface area contributed by atoms with Crippen LogP contribution in [0.25, 0.3) is 0 Å². The third-order valence-electron chi connectivity index (χ3n) is 2.83. The molecule has 0 heterocycles. The average molecular weight is 264 g/mol. The van der Waals surface area contributed by atoms with Crippen LogP contribution in [-0.4, -0.2) is 12.2 Å². The fraction of sp³-hybridized carbons (Fsp3) is 0.200. The predicted molar refractivity (Wildman–Crippen MR) is 68.0 cm³/mol. The fourth-order valence-corrected chi connectivity index (χ4v) is 1.91. The van der Waals surface area contributed by atoms with E-state index in [4.69, 9.17) is 4.74 Å². The summed E-state index contributed by atoms with van der Waals surface area (Å²) in [5.74, 6) is -0.713. The largest absolute Gasteiger partial charge is 0.497 e. The monoisotopic (exact) mass is 264 g/mol. The van der Waals surface area contributed by atoms with E-state index in [9.17, 15) is 13.9 Å². The summed E-state index contributed by atoms with van der Waals surface area (Å²) in [6.45, 7) is 0. The van der Waals surface area contributed by atoms with E-state index in [2.05, 4.69) is 0 Å². The Bertz CT molecular complexity index is 550. The van der Waals surface area contributed by atoms with Crippen molar-refractivity contribution in [3.05, 3.63) is 65.2 Å². The summed E-state index contributed by atoms with van der Waals surface area (Å²) in [6.07, 6.45) is -0.697. The molecule has 0 saturated carbocycles. The minimum Gasteiger partial charge on any atom is -0.497 e. The molecule has 0 amide bonds. The minimum atomic E-state index is -0.961. The number of halogens is 2. The Kier molecular flexibility index (Phi) is 4.12. The quantitative estimate of drug-likeness (QED) is 0.918. The first-order valence-corrected chi connectivity index (χ1v) is 5.85. The molecule has 0 bridgehead atoms. The van der Waals surface area contributed by atoms with E-state index in [1.54, 1.807) is 25.3 Å². The molecule has 19 heavy (non-hydrogen) atoms. The Hall–Kier alpha value is -1.94. The Balaban J connectivity index is 2.17. The van der Waals surface area contributed by atoms with Crippen molar-refractivity contribution in [3.63, 3.8) is 0 Å². The van der Waals surface area contributed by atoms with Crippen molar-refractivity contribution in [2.75, 3.05) is 7.11 Å². The minimum absolute atomic E-state index is 0.223. The molecule has 100 valence electrons. The molecule has 2 rings (SSSR count). The Morgan fingerprint density at radius 3 is 2.42 bits per heavy atom. The van der Waals surface area contributed by atoms with E-state index < -0.39 is 17.7 Å². The molecule has 2 aromatic rings. The zero-order chi connectivity index (χ0) is 13.8. The van der Waals surface area contributed by atoms with Crippen LogP contribution in [-0.2, 0) is 6.42 Å². The molecule has 0 aliphatic heterocycles. The van der Waals surface area contributed by atoms with Crippen molar-refractivity contribution < 1.29 is 18.6 Å². The lowest BCUT2D eigenvalue weighted by atomic mass is 10.0. The van der Waals surface area contributed by atoms with Crippen LogP contribution in [0.5, 0.6) is 5.75 Å². The molecule has 0 aliphatic rings. The smallest absolute Gasteiger partial charge is 0.126 e. The molecule has 4 heteroatoms. The van der Waals surface area contributed by atoms with Crippen molar-refractivity contribution in [1.29, 1.82) is 0 Å². The fourth-order valence-electron chi connectivity index (χ4n) is 1.91. The van der Waals surface area contributed by atoms with Gasteiger partial charge in [-0.2, -0.15) is 0 Å². The third kappa shape index (κ3) is 3.51. The third-order valence-corrected chi connectivity index (χ3v) is 2.83. The maximum absolute atomic E-state index is 13.1. The molecule has 2 nitrogen and oxygen atoms in total. The average Bonchev–Trinajstić information content (AvgIpc) is 2.37. The van der Waals surface area contributed by atoms with Gasteiger partial charge >= 0.3 is 0 Å². The first kappa shape index (κ1) is 13.5. The molecule has 1 N–H and O–H groups in total. The van der Waals surface area contributed by atoms with Crippen LogP contribution in [0.15, 0.2) is 42.5 Å². The van der Waals surface area contributed by atoms with E-state index in [-0.39, 0.29) is 12.0 Å². The van der Waals surface area contributed by atoms with E-state index in [1.165, 1.54) is 0 Å². The van der Waals surface area contributed by atoms with Crippen molar-refractivity contribution in [2.24, 2.45) is 0 Å². The zero-order valence-electron chi connectivity index (χ0n) is 10.4. The highest BCUT2D eigenvalue weighted by Gasteiger charge is 2.11. The van der Waals surface area contributed by atoms with Gasteiger partial charge in [0, 0.05) is 12.5 Å². The summed E-state index contributed by atoms with van der Waals surface area (Å²) in [5.41, 5.74) is 1.05. The van der Waals surface area contributed by atoms with Crippen molar-refractivity contribution in [1.82, 2.24) is 0 Å². The molecule has 1 unspecified atom stereocenters. The second-order valence-corrected chi connectivity index (χ2v) is 4.27. The molecule has 0 aromatic heterocycles. The van der Waals surface area contributed by atoms with E-state index in [1.807, 2.05) is 6.07 Å². The number of ether oxygens (including phenoxy) is 1. The summed E-state index contributed by atoms with van der Waals surface area (Å²) in [5, 5.41) is 10.0. The van der Waals surface area contributed by atoms with Gasteiger partial charge < -0.3 is 9.84 Å². The molecule has 0 fully saturated rings. The van der Waals surface area contributed by atoms with Crippen LogP contribution < -0.4 is 4.74 Å². The highest BCUT2D eigenvalue weighted by atomic mass is 19.1. The van der Waals surface area contributed by atoms with Gasteiger partial charge in [0.25, 0.3) is 0 Å². The molecule has 0 spiro atoms. The van der Waals surface area contributed by atoms with Crippen LogP contribution in [0.4, 0.5) is 8.78 Å². The van der Waals surface area contributed by atoms with Crippen molar-refractivity contribution >= 4 is 0 Å². The number of hydrogen-bond donors (Lipinski definition) is 1. The van der Waals surface area contributed by atoms with Gasteiger partial charge in [0.2, 0.25) is 0 Å². The number of aliphatic hydroxyl groups is 1. The lowest BCUT2D eigenvalue weighted by Crippen LogP contribution is -2.03. The van der Waals surface area contributed by atoms with E-state index >= 15 is 0 Å². The summed E-state index contributed by atoms with van der Waals surface area (Å²) in [7, 11) is 1.55. The van der Waals surface area contributed by atoms with Gasteiger partial charge in [0.1, 0.15) is 17.4 Å². The molecular weight excluding hydrogens is 250 g/mol. The number of aliphatic hydroxyl groups excluding tert-OH is 1.